The van der Waals surface area contributed by atoms with E-state index in [1.54, 1.807) is 0 Å². The maximum atomic E-state index is 10.0. The van der Waals surface area contributed by atoms with Crippen molar-refractivity contribution in [2.45, 2.75) is 57.4 Å². The van der Waals surface area contributed by atoms with E-state index >= 15 is 0 Å². The van der Waals surface area contributed by atoms with Crippen LogP contribution in [0.4, 0.5) is 5.82 Å². The first kappa shape index (κ1) is 21.8. The minimum Gasteiger partial charge on any atom is -0.373 e. The second-order valence-corrected chi connectivity index (χ2v) is 8.41. The number of aromatic nitrogens is 2. The number of piperidine rings is 1. The van der Waals surface area contributed by atoms with Crippen molar-refractivity contribution in [1.29, 1.82) is 0 Å². The number of pyridine rings is 1. The van der Waals surface area contributed by atoms with E-state index < -0.39 is 0 Å². The summed E-state index contributed by atoms with van der Waals surface area (Å²) < 4.78 is 0. The number of carbonyl (C=O) groups is 1. The molecule has 0 spiro atoms. The normalized spacial score (nSPS) is 20.4. The van der Waals surface area contributed by atoms with Crippen LogP contribution in [-0.2, 0) is 4.79 Å². The van der Waals surface area contributed by atoms with Gasteiger partial charge in [0.2, 0.25) is 0 Å². The fourth-order valence-corrected chi connectivity index (χ4v) is 4.50. The number of likely N-dealkylation sites (tertiary alicyclic amines) is 1. The Balaban J connectivity index is 0.000000177. The molecule has 4 rings (SSSR count). The molecule has 0 bridgehead atoms. The number of rotatable bonds is 7. The van der Waals surface area contributed by atoms with Crippen molar-refractivity contribution in [3.8, 4) is 0 Å². The molecule has 4 heterocycles. The molecule has 2 aromatic rings. The maximum absolute atomic E-state index is 10.0. The molecule has 0 aromatic carbocycles. The topological polar surface area (TPSA) is 73.0 Å². The SMILES string of the molecule is CNc1cc2[nH]c(C3CCCN3C)cc2cn1.O=CCCCCC1CCNCC1. The largest absolute Gasteiger partial charge is 0.373 e. The summed E-state index contributed by atoms with van der Waals surface area (Å²) in [6.45, 7) is 3.58. The Morgan fingerprint density at radius 3 is 2.76 bits per heavy atom. The molecule has 1 unspecified atom stereocenters. The van der Waals surface area contributed by atoms with E-state index in [0.717, 1.165) is 30.9 Å². The Morgan fingerprint density at radius 1 is 1.24 bits per heavy atom. The van der Waals surface area contributed by atoms with Gasteiger partial charge in [0.15, 0.2) is 0 Å². The Morgan fingerprint density at radius 2 is 2.07 bits per heavy atom. The molecule has 0 radical (unpaired) electrons. The van der Waals surface area contributed by atoms with Gasteiger partial charge in [0.1, 0.15) is 12.1 Å². The molecule has 2 fully saturated rings. The van der Waals surface area contributed by atoms with Crippen molar-refractivity contribution in [1.82, 2.24) is 20.2 Å². The van der Waals surface area contributed by atoms with E-state index in [4.69, 9.17) is 0 Å². The van der Waals surface area contributed by atoms with Crippen molar-refractivity contribution in [2.75, 3.05) is 39.0 Å². The quantitative estimate of drug-likeness (QED) is 0.482. The molecule has 0 saturated carbocycles. The van der Waals surface area contributed by atoms with Gasteiger partial charge >= 0.3 is 0 Å². The average Bonchev–Trinajstić information content (AvgIpc) is 3.37. The van der Waals surface area contributed by atoms with Gasteiger partial charge in [0.25, 0.3) is 0 Å². The van der Waals surface area contributed by atoms with E-state index in [9.17, 15) is 4.79 Å². The highest BCUT2D eigenvalue weighted by Gasteiger charge is 2.23. The maximum Gasteiger partial charge on any atom is 0.127 e. The summed E-state index contributed by atoms with van der Waals surface area (Å²) in [6.07, 6.45) is 12.6. The fourth-order valence-electron chi connectivity index (χ4n) is 4.50. The lowest BCUT2D eigenvalue weighted by molar-refractivity contribution is -0.107. The van der Waals surface area contributed by atoms with E-state index in [2.05, 4.69) is 44.7 Å². The van der Waals surface area contributed by atoms with Crippen molar-refractivity contribution in [3.05, 3.63) is 24.0 Å². The number of H-pyrrole nitrogens is 1. The van der Waals surface area contributed by atoms with Crippen LogP contribution < -0.4 is 10.6 Å². The highest BCUT2D eigenvalue weighted by Crippen LogP contribution is 2.31. The van der Waals surface area contributed by atoms with Crippen molar-refractivity contribution >= 4 is 23.0 Å². The molecule has 0 aliphatic carbocycles. The van der Waals surface area contributed by atoms with Crippen LogP contribution in [0.15, 0.2) is 18.3 Å². The predicted molar refractivity (Wildman–Crippen MR) is 120 cm³/mol. The summed E-state index contributed by atoms with van der Waals surface area (Å²) in [5.41, 5.74) is 2.48. The molecule has 29 heavy (non-hydrogen) atoms. The lowest BCUT2D eigenvalue weighted by Crippen LogP contribution is -2.27. The highest BCUT2D eigenvalue weighted by atomic mass is 16.1. The summed E-state index contributed by atoms with van der Waals surface area (Å²) in [5, 5.41) is 7.62. The van der Waals surface area contributed by atoms with Gasteiger partial charge in [0.05, 0.1) is 5.52 Å². The number of hydrogen-bond donors (Lipinski definition) is 3. The van der Waals surface area contributed by atoms with Crippen LogP contribution in [0.3, 0.4) is 0 Å². The van der Waals surface area contributed by atoms with Crippen LogP contribution in [0.1, 0.15) is 63.1 Å². The molecule has 1 atom stereocenters. The molecule has 2 aliphatic rings. The van der Waals surface area contributed by atoms with Gasteiger partial charge < -0.3 is 20.4 Å². The van der Waals surface area contributed by atoms with Gasteiger partial charge in [-0.15, -0.1) is 0 Å². The van der Waals surface area contributed by atoms with Crippen LogP contribution >= 0.6 is 0 Å². The smallest absolute Gasteiger partial charge is 0.127 e. The average molecular weight is 400 g/mol. The van der Waals surface area contributed by atoms with E-state index in [-0.39, 0.29) is 0 Å². The van der Waals surface area contributed by atoms with Crippen molar-refractivity contribution in [3.63, 3.8) is 0 Å². The standard InChI is InChI=1S/C13H18N4.C10H19NO/c1-14-13-7-10-9(8-15-13)6-11(16-10)12-4-3-5-17(12)2;12-9-3-1-2-4-10-5-7-11-8-6-10/h6-8,12,16H,3-5H2,1-2H3,(H,14,15);9-11H,1-8H2. The zero-order valence-corrected chi connectivity index (χ0v) is 18.0. The molecule has 6 nitrogen and oxygen atoms in total. The number of hydrogen-bond acceptors (Lipinski definition) is 5. The van der Waals surface area contributed by atoms with Crippen LogP contribution in [0.2, 0.25) is 0 Å². The van der Waals surface area contributed by atoms with Crippen LogP contribution in [0.25, 0.3) is 10.9 Å². The molecular formula is C23H37N5O. The summed E-state index contributed by atoms with van der Waals surface area (Å²) in [5.74, 6) is 1.84. The second kappa shape index (κ2) is 11.3. The number of carbonyl (C=O) groups excluding carboxylic acids is 1. The fraction of sp³-hybridized carbons (Fsp3) is 0.652. The van der Waals surface area contributed by atoms with E-state index in [1.807, 2.05) is 13.2 Å². The van der Waals surface area contributed by atoms with Gasteiger partial charge in [-0.05, 0) is 70.8 Å². The van der Waals surface area contributed by atoms with Crippen LogP contribution in [0.5, 0.6) is 0 Å². The van der Waals surface area contributed by atoms with Gasteiger partial charge in [-0.25, -0.2) is 4.98 Å². The summed E-state index contributed by atoms with van der Waals surface area (Å²) in [4.78, 5) is 20.3. The molecular weight excluding hydrogens is 362 g/mol. The summed E-state index contributed by atoms with van der Waals surface area (Å²) in [7, 11) is 4.09. The molecule has 0 amide bonds. The molecule has 2 aromatic heterocycles. The molecule has 2 aliphatic heterocycles. The zero-order chi connectivity index (χ0) is 20.5. The monoisotopic (exact) mass is 399 g/mol. The van der Waals surface area contributed by atoms with Gasteiger partial charge in [-0.1, -0.05) is 12.8 Å². The van der Waals surface area contributed by atoms with E-state index in [1.165, 1.54) is 74.8 Å². The lowest BCUT2D eigenvalue weighted by atomic mass is 9.92. The van der Waals surface area contributed by atoms with Crippen molar-refractivity contribution in [2.24, 2.45) is 5.92 Å². The molecule has 6 heteroatoms. The lowest BCUT2D eigenvalue weighted by Gasteiger charge is -2.22. The van der Waals surface area contributed by atoms with E-state index in [0.29, 0.717) is 6.04 Å². The number of fused-ring (bicyclic) bond motifs is 1. The number of anilines is 1. The minimum absolute atomic E-state index is 0.542. The summed E-state index contributed by atoms with van der Waals surface area (Å²) in [6, 6.07) is 4.84. The third kappa shape index (κ3) is 6.28. The Kier molecular flexibility index (Phi) is 8.50. The predicted octanol–water partition coefficient (Wildman–Crippen LogP) is 4.12. The molecule has 3 N–H and O–H groups in total. The van der Waals surface area contributed by atoms with Gasteiger partial charge in [-0.3, -0.25) is 4.90 Å². The van der Waals surface area contributed by atoms with Gasteiger partial charge in [0, 0.05) is 42.9 Å². The summed E-state index contributed by atoms with van der Waals surface area (Å²) >= 11 is 0. The first-order valence-electron chi connectivity index (χ1n) is 11.2. The van der Waals surface area contributed by atoms with Crippen molar-refractivity contribution < 1.29 is 4.79 Å². The third-order valence-corrected chi connectivity index (χ3v) is 6.30. The first-order valence-corrected chi connectivity index (χ1v) is 11.2. The van der Waals surface area contributed by atoms with Crippen LogP contribution in [0, 0.1) is 5.92 Å². The number of unbranched alkanes of at least 4 members (excludes halogenated alkanes) is 2. The second-order valence-electron chi connectivity index (χ2n) is 8.41. The Bertz CT molecular complexity index is 753. The number of nitrogens with one attached hydrogen (secondary N) is 3. The first-order chi connectivity index (χ1) is 14.2. The number of nitrogens with zero attached hydrogens (tertiary/aromatic N) is 2. The third-order valence-electron chi connectivity index (χ3n) is 6.30. The zero-order valence-electron chi connectivity index (χ0n) is 18.0. The molecule has 160 valence electrons. The number of aldehydes is 1. The minimum atomic E-state index is 0.542. The molecule has 2 saturated heterocycles. The Hall–Kier alpha value is -1.92. The van der Waals surface area contributed by atoms with Gasteiger partial charge in [-0.2, -0.15) is 0 Å². The highest BCUT2D eigenvalue weighted by molar-refractivity contribution is 5.81. The Labute approximate surface area is 174 Å². The number of aromatic amines is 1. The van der Waals surface area contributed by atoms with Crippen LogP contribution in [-0.4, -0.2) is 54.9 Å².